The maximum atomic E-state index is 11.0. The van der Waals surface area contributed by atoms with Gasteiger partial charge in [-0.15, -0.1) is 0 Å². The molecule has 17 heavy (non-hydrogen) atoms. The van der Waals surface area contributed by atoms with Gasteiger partial charge in [-0.25, -0.2) is 9.78 Å². The van der Waals surface area contributed by atoms with Crippen LogP contribution < -0.4 is 5.32 Å². The van der Waals surface area contributed by atoms with E-state index in [0.717, 1.165) is 18.7 Å². The Kier molecular flexibility index (Phi) is 2.99. The van der Waals surface area contributed by atoms with Crippen molar-refractivity contribution in [2.24, 2.45) is 0 Å². The molecule has 2 aromatic rings. The van der Waals surface area contributed by atoms with E-state index in [4.69, 9.17) is 5.11 Å². The summed E-state index contributed by atoms with van der Waals surface area (Å²) >= 11 is 0. The van der Waals surface area contributed by atoms with Gasteiger partial charge in [0.2, 0.25) is 0 Å². The van der Waals surface area contributed by atoms with E-state index in [9.17, 15) is 4.79 Å². The highest BCUT2D eigenvalue weighted by molar-refractivity contribution is 5.93. The van der Waals surface area contributed by atoms with Crippen molar-refractivity contribution in [3.8, 4) is 0 Å². The molecule has 5 nitrogen and oxygen atoms in total. The highest BCUT2D eigenvalue weighted by atomic mass is 16.4. The zero-order valence-corrected chi connectivity index (χ0v) is 9.90. The number of aromatic carboxylic acids is 1. The summed E-state index contributed by atoms with van der Waals surface area (Å²) in [5.74, 6) is -0.317. The highest BCUT2D eigenvalue weighted by Crippen LogP contribution is 2.17. The second-order valence-electron chi connectivity index (χ2n) is 3.91. The van der Waals surface area contributed by atoms with Gasteiger partial charge in [-0.1, -0.05) is 6.92 Å². The minimum atomic E-state index is -0.995. The van der Waals surface area contributed by atoms with Crippen LogP contribution in [0.4, 0.5) is 5.69 Å². The molecule has 0 aromatic carbocycles. The molecule has 0 unspecified atom stereocenters. The fraction of sp³-hybridized carbons (Fsp3) is 0.333. The number of hydrogen-bond donors (Lipinski definition) is 2. The molecule has 5 heteroatoms. The van der Waals surface area contributed by atoms with E-state index in [1.807, 2.05) is 12.3 Å². The Morgan fingerprint density at radius 1 is 1.53 bits per heavy atom. The first-order valence-corrected chi connectivity index (χ1v) is 5.59. The molecule has 0 bridgehead atoms. The standard InChI is InChI=1S/C12H15N3O2/c1-3-6-13-9-4-5-10-11(12(16)17)14-8(2)15(10)7-9/h4-5,7,13H,3,6H2,1-2H3,(H,16,17). The summed E-state index contributed by atoms with van der Waals surface area (Å²) in [7, 11) is 0. The summed E-state index contributed by atoms with van der Waals surface area (Å²) in [4.78, 5) is 15.0. The fourth-order valence-electron chi connectivity index (χ4n) is 1.77. The van der Waals surface area contributed by atoms with E-state index >= 15 is 0 Å². The first-order valence-electron chi connectivity index (χ1n) is 5.59. The fourth-order valence-corrected chi connectivity index (χ4v) is 1.77. The van der Waals surface area contributed by atoms with Crippen molar-refractivity contribution in [2.75, 3.05) is 11.9 Å². The average molecular weight is 233 g/mol. The van der Waals surface area contributed by atoms with E-state index in [-0.39, 0.29) is 5.69 Å². The number of imidazole rings is 1. The van der Waals surface area contributed by atoms with Crippen LogP contribution in [0.2, 0.25) is 0 Å². The lowest BCUT2D eigenvalue weighted by Crippen LogP contribution is -2.01. The first-order chi connectivity index (χ1) is 8.13. The zero-order chi connectivity index (χ0) is 12.4. The van der Waals surface area contributed by atoms with Crippen molar-refractivity contribution >= 4 is 17.2 Å². The molecule has 2 rings (SSSR count). The number of carbonyl (C=O) groups is 1. The van der Waals surface area contributed by atoms with E-state index in [2.05, 4.69) is 17.2 Å². The third-order valence-electron chi connectivity index (χ3n) is 2.60. The number of hydrogen-bond acceptors (Lipinski definition) is 3. The Labute approximate surface area is 99.1 Å². The molecule has 0 spiro atoms. The predicted octanol–water partition coefficient (Wildman–Crippen LogP) is 2.16. The topological polar surface area (TPSA) is 66.6 Å². The van der Waals surface area contributed by atoms with Crippen LogP contribution in [0.1, 0.15) is 29.7 Å². The Balaban J connectivity index is 2.48. The van der Waals surface area contributed by atoms with Crippen LogP contribution in [-0.4, -0.2) is 27.0 Å². The number of aryl methyl sites for hydroxylation is 1. The van der Waals surface area contributed by atoms with Gasteiger partial charge in [0.15, 0.2) is 5.69 Å². The van der Waals surface area contributed by atoms with Crippen LogP contribution in [0, 0.1) is 6.92 Å². The summed E-state index contributed by atoms with van der Waals surface area (Å²) in [6.07, 6.45) is 2.92. The average Bonchev–Trinajstić information content (AvgIpc) is 2.64. The maximum Gasteiger partial charge on any atom is 0.356 e. The Morgan fingerprint density at radius 3 is 2.94 bits per heavy atom. The third-order valence-corrected chi connectivity index (χ3v) is 2.60. The van der Waals surface area contributed by atoms with Gasteiger partial charge in [-0.05, 0) is 25.5 Å². The smallest absolute Gasteiger partial charge is 0.356 e. The Morgan fingerprint density at radius 2 is 2.29 bits per heavy atom. The monoisotopic (exact) mass is 233 g/mol. The minimum Gasteiger partial charge on any atom is -0.476 e. The van der Waals surface area contributed by atoms with Gasteiger partial charge in [0.05, 0.1) is 11.2 Å². The van der Waals surface area contributed by atoms with Crippen molar-refractivity contribution in [2.45, 2.75) is 20.3 Å². The van der Waals surface area contributed by atoms with Gasteiger partial charge in [-0.3, -0.25) is 0 Å². The molecule has 0 saturated carbocycles. The Bertz CT molecular complexity index is 560. The molecule has 0 aliphatic heterocycles. The molecule has 0 saturated heterocycles. The lowest BCUT2D eigenvalue weighted by atomic mass is 10.3. The second-order valence-corrected chi connectivity index (χ2v) is 3.91. The van der Waals surface area contributed by atoms with E-state index in [1.165, 1.54) is 0 Å². The number of fused-ring (bicyclic) bond motifs is 1. The van der Waals surface area contributed by atoms with Crippen molar-refractivity contribution in [3.05, 3.63) is 29.8 Å². The van der Waals surface area contributed by atoms with Crippen LogP contribution >= 0.6 is 0 Å². The van der Waals surface area contributed by atoms with Crippen LogP contribution in [0.25, 0.3) is 5.52 Å². The van der Waals surface area contributed by atoms with Gasteiger partial charge in [-0.2, -0.15) is 0 Å². The number of nitrogens with zero attached hydrogens (tertiary/aromatic N) is 2. The van der Waals surface area contributed by atoms with E-state index in [1.54, 1.807) is 17.4 Å². The Hall–Kier alpha value is -2.04. The molecule has 0 fully saturated rings. The van der Waals surface area contributed by atoms with Gasteiger partial charge < -0.3 is 14.8 Å². The number of anilines is 1. The SMILES string of the molecule is CCCNc1ccc2c(C(=O)O)nc(C)n2c1. The van der Waals surface area contributed by atoms with Crippen LogP contribution in [0.5, 0.6) is 0 Å². The first kappa shape index (κ1) is 11.4. The number of carboxylic acids is 1. The van der Waals surface area contributed by atoms with Gasteiger partial charge in [0, 0.05) is 12.7 Å². The molecule has 2 aromatic heterocycles. The van der Waals surface area contributed by atoms with Gasteiger partial charge >= 0.3 is 5.97 Å². The summed E-state index contributed by atoms with van der Waals surface area (Å²) < 4.78 is 1.79. The molecule has 0 amide bonds. The molecule has 0 aliphatic rings. The largest absolute Gasteiger partial charge is 0.476 e. The van der Waals surface area contributed by atoms with Gasteiger partial charge in [0.25, 0.3) is 0 Å². The van der Waals surface area contributed by atoms with Crippen LogP contribution in [-0.2, 0) is 0 Å². The molecule has 0 radical (unpaired) electrons. The lowest BCUT2D eigenvalue weighted by Gasteiger charge is -2.05. The van der Waals surface area contributed by atoms with E-state index in [0.29, 0.717) is 11.3 Å². The number of rotatable bonds is 4. The molecular formula is C12H15N3O2. The number of pyridine rings is 1. The molecular weight excluding hydrogens is 218 g/mol. The summed E-state index contributed by atoms with van der Waals surface area (Å²) in [6.45, 7) is 4.78. The molecule has 2 heterocycles. The second kappa shape index (κ2) is 4.45. The summed E-state index contributed by atoms with van der Waals surface area (Å²) in [6, 6.07) is 3.65. The summed E-state index contributed by atoms with van der Waals surface area (Å²) in [5.41, 5.74) is 1.69. The van der Waals surface area contributed by atoms with Crippen LogP contribution in [0.3, 0.4) is 0 Å². The van der Waals surface area contributed by atoms with Crippen molar-refractivity contribution in [3.63, 3.8) is 0 Å². The third kappa shape index (κ3) is 2.08. The molecule has 90 valence electrons. The minimum absolute atomic E-state index is 0.101. The quantitative estimate of drug-likeness (QED) is 0.849. The highest BCUT2D eigenvalue weighted by Gasteiger charge is 2.14. The normalized spacial score (nSPS) is 10.7. The predicted molar refractivity (Wildman–Crippen MR) is 65.7 cm³/mol. The zero-order valence-electron chi connectivity index (χ0n) is 9.90. The number of carboxylic acid groups (broad SMARTS) is 1. The van der Waals surface area contributed by atoms with Crippen molar-refractivity contribution in [1.82, 2.24) is 9.38 Å². The molecule has 0 atom stereocenters. The van der Waals surface area contributed by atoms with Crippen molar-refractivity contribution < 1.29 is 9.90 Å². The van der Waals surface area contributed by atoms with E-state index < -0.39 is 5.97 Å². The molecule has 0 aliphatic carbocycles. The molecule has 2 N–H and O–H groups in total. The van der Waals surface area contributed by atoms with Crippen LogP contribution in [0.15, 0.2) is 18.3 Å². The lowest BCUT2D eigenvalue weighted by molar-refractivity contribution is 0.0693. The number of nitrogens with one attached hydrogen (secondary N) is 1. The summed E-state index contributed by atoms with van der Waals surface area (Å²) in [5, 5.41) is 12.3. The maximum absolute atomic E-state index is 11.0. The van der Waals surface area contributed by atoms with Crippen molar-refractivity contribution in [1.29, 1.82) is 0 Å². The number of aromatic nitrogens is 2. The van der Waals surface area contributed by atoms with Gasteiger partial charge in [0.1, 0.15) is 5.82 Å².